The number of benzene rings is 1. The van der Waals surface area contributed by atoms with Crippen molar-refractivity contribution in [3.63, 3.8) is 0 Å². The molecular formula is C8H6F4. The third-order valence-corrected chi connectivity index (χ3v) is 1.57. The van der Waals surface area contributed by atoms with Crippen molar-refractivity contribution in [2.75, 3.05) is 0 Å². The van der Waals surface area contributed by atoms with Crippen molar-refractivity contribution in [3.05, 3.63) is 35.1 Å². The summed E-state index contributed by atoms with van der Waals surface area (Å²) in [6.07, 6.45) is -4.47. The van der Waals surface area contributed by atoms with Crippen LogP contribution in [0.4, 0.5) is 17.6 Å². The molecule has 1 rings (SSSR count). The van der Waals surface area contributed by atoms with E-state index in [-0.39, 0.29) is 5.56 Å². The minimum absolute atomic E-state index is 0.356. The van der Waals surface area contributed by atoms with E-state index >= 15 is 0 Å². The summed E-state index contributed by atoms with van der Waals surface area (Å²) >= 11 is 0. The van der Waals surface area contributed by atoms with E-state index in [0.717, 1.165) is 25.1 Å². The molecule has 66 valence electrons. The van der Waals surface area contributed by atoms with E-state index in [1.165, 1.54) is 0 Å². The van der Waals surface area contributed by atoms with Gasteiger partial charge in [0.2, 0.25) is 0 Å². The number of halogens is 4. The van der Waals surface area contributed by atoms with Gasteiger partial charge in [0.25, 0.3) is 0 Å². The molecule has 1 aromatic carbocycles. The van der Waals surface area contributed by atoms with Crippen LogP contribution < -0.4 is 0 Å². The van der Waals surface area contributed by atoms with Gasteiger partial charge in [-0.15, -0.1) is 0 Å². The predicted octanol–water partition coefficient (Wildman–Crippen LogP) is 3.15. The van der Waals surface area contributed by atoms with Gasteiger partial charge in [-0.05, 0) is 24.6 Å². The monoisotopic (exact) mass is 178 g/mol. The second kappa shape index (κ2) is 2.77. The molecule has 0 fully saturated rings. The van der Waals surface area contributed by atoms with Crippen molar-refractivity contribution in [2.24, 2.45) is 0 Å². The Morgan fingerprint density at radius 3 is 2.17 bits per heavy atom. The summed E-state index contributed by atoms with van der Waals surface area (Å²) in [5.41, 5.74) is -1.27. The molecule has 0 nitrogen and oxygen atoms in total. The minimum atomic E-state index is -4.47. The molecular weight excluding hydrogens is 172 g/mol. The topological polar surface area (TPSA) is 0 Å². The Kier molecular flexibility index (Phi) is 2.08. The summed E-state index contributed by atoms with van der Waals surface area (Å²) in [6, 6.07) is 2.91. The van der Waals surface area contributed by atoms with Crippen LogP contribution in [0.3, 0.4) is 0 Å². The van der Waals surface area contributed by atoms with Gasteiger partial charge < -0.3 is 0 Å². The van der Waals surface area contributed by atoms with Gasteiger partial charge in [-0.1, -0.05) is 6.07 Å². The Balaban J connectivity index is 3.26. The number of hydrogen-bond acceptors (Lipinski definition) is 0. The van der Waals surface area contributed by atoms with Crippen molar-refractivity contribution in [3.8, 4) is 0 Å². The lowest BCUT2D eigenvalue weighted by Gasteiger charge is -2.09. The lowest BCUT2D eigenvalue weighted by molar-refractivity contribution is -0.138. The van der Waals surface area contributed by atoms with Crippen LogP contribution in [0.2, 0.25) is 0 Å². The van der Waals surface area contributed by atoms with Gasteiger partial charge in [0.1, 0.15) is 5.82 Å². The molecule has 0 radical (unpaired) electrons. The average Bonchev–Trinajstić information content (AvgIpc) is 1.92. The highest BCUT2D eigenvalue weighted by molar-refractivity contribution is 5.29. The molecule has 12 heavy (non-hydrogen) atoms. The maximum absolute atomic E-state index is 12.6. The third-order valence-electron chi connectivity index (χ3n) is 1.57. The zero-order chi connectivity index (χ0) is 9.35. The van der Waals surface area contributed by atoms with Gasteiger partial charge in [-0.25, -0.2) is 4.39 Å². The van der Waals surface area contributed by atoms with Gasteiger partial charge >= 0.3 is 6.18 Å². The van der Waals surface area contributed by atoms with Crippen LogP contribution in [0.15, 0.2) is 18.2 Å². The molecule has 0 N–H and O–H groups in total. The van der Waals surface area contributed by atoms with Gasteiger partial charge in [-0.3, -0.25) is 0 Å². The SMILES string of the molecule is Cc1c(F)cccc1C(F)(F)F. The van der Waals surface area contributed by atoms with E-state index in [4.69, 9.17) is 0 Å². The van der Waals surface area contributed by atoms with E-state index in [2.05, 4.69) is 0 Å². The standard InChI is InChI=1S/C8H6F4/c1-5-6(8(10,11)12)3-2-4-7(5)9/h2-4H,1H3. The predicted molar refractivity (Wildman–Crippen MR) is 36.1 cm³/mol. The first-order valence-electron chi connectivity index (χ1n) is 3.25. The highest BCUT2D eigenvalue weighted by Crippen LogP contribution is 2.32. The summed E-state index contributed by atoms with van der Waals surface area (Å²) in [5, 5.41) is 0. The largest absolute Gasteiger partial charge is 0.416 e. The van der Waals surface area contributed by atoms with Crippen molar-refractivity contribution in [1.29, 1.82) is 0 Å². The number of alkyl halides is 3. The Hall–Kier alpha value is -1.06. The summed E-state index contributed by atoms with van der Waals surface area (Å²) in [7, 11) is 0. The maximum Gasteiger partial charge on any atom is 0.416 e. The van der Waals surface area contributed by atoms with Crippen LogP contribution in [0, 0.1) is 12.7 Å². The van der Waals surface area contributed by atoms with Gasteiger partial charge in [0.05, 0.1) is 5.56 Å². The zero-order valence-electron chi connectivity index (χ0n) is 6.24. The fraction of sp³-hybridized carbons (Fsp3) is 0.250. The van der Waals surface area contributed by atoms with Crippen LogP contribution in [0.5, 0.6) is 0 Å². The van der Waals surface area contributed by atoms with Crippen molar-refractivity contribution >= 4 is 0 Å². The number of hydrogen-bond donors (Lipinski definition) is 0. The highest BCUT2D eigenvalue weighted by Gasteiger charge is 2.32. The fourth-order valence-corrected chi connectivity index (χ4v) is 0.915. The average molecular weight is 178 g/mol. The second-order valence-corrected chi connectivity index (χ2v) is 2.41. The molecule has 0 unspecified atom stereocenters. The van der Waals surface area contributed by atoms with Crippen LogP contribution in [-0.2, 0) is 6.18 Å². The first kappa shape index (κ1) is 9.03. The van der Waals surface area contributed by atoms with E-state index in [9.17, 15) is 17.6 Å². The molecule has 0 aliphatic carbocycles. The Labute approximate surface area is 66.8 Å². The van der Waals surface area contributed by atoms with Gasteiger partial charge in [0, 0.05) is 0 Å². The van der Waals surface area contributed by atoms with E-state index in [1.54, 1.807) is 0 Å². The third kappa shape index (κ3) is 1.57. The van der Waals surface area contributed by atoms with Crippen LogP contribution in [0.1, 0.15) is 11.1 Å². The molecule has 4 heteroatoms. The van der Waals surface area contributed by atoms with E-state index in [1.807, 2.05) is 0 Å². The summed E-state index contributed by atoms with van der Waals surface area (Å²) in [6.45, 7) is 1.11. The zero-order valence-corrected chi connectivity index (χ0v) is 6.24. The lowest BCUT2D eigenvalue weighted by Crippen LogP contribution is -2.08. The number of rotatable bonds is 0. The molecule has 0 aliphatic heterocycles. The molecule has 0 bridgehead atoms. The fourth-order valence-electron chi connectivity index (χ4n) is 0.915. The smallest absolute Gasteiger partial charge is 0.207 e. The normalized spacial score (nSPS) is 11.8. The highest BCUT2D eigenvalue weighted by atomic mass is 19.4. The quantitative estimate of drug-likeness (QED) is 0.535. The second-order valence-electron chi connectivity index (χ2n) is 2.41. The van der Waals surface area contributed by atoms with Crippen LogP contribution in [-0.4, -0.2) is 0 Å². The molecule has 0 atom stereocenters. The minimum Gasteiger partial charge on any atom is -0.207 e. The van der Waals surface area contributed by atoms with Crippen LogP contribution >= 0.6 is 0 Å². The lowest BCUT2D eigenvalue weighted by atomic mass is 10.1. The summed E-state index contributed by atoms with van der Waals surface area (Å²) in [4.78, 5) is 0. The van der Waals surface area contributed by atoms with Gasteiger partial charge in [-0.2, -0.15) is 13.2 Å². The van der Waals surface area contributed by atoms with E-state index < -0.39 is 17.6 Å². The summed E-state index contributed by atoms with van der Waals surface area (Å²) < 4.78 is 48.8. The van der Waals surface area contributed by atoms with Crippen LogP contribution in [0.25, 0.3) is 0 Å². The van der Waals surface area contributed by atoms with Crippen molar-refractivity contribution in [1.82, 2.24) is 0 Å². The molecule has 0 heterocycles. The molecule has 1 aromatic rings. The molecule has 0 aliphatic rings. The molecule has 0 amide bonds. The Bertz CT molecular complexity index is 288. The molecule has 0 saturated carbocycles. The maximum atomic E-state index is 12.6. The Morgan fingerprint density at radius 1 is 1.17 bits per heavy atom. The summed E-state index contributed by atoms with van der Waals surface area (Å²) in [5.74, 6) is -0.829. The first-order chi connectivity index (χ1) is 5.43. The molecule has 0 spiro atoms. The van der Waals surface area contributed by atoms with Crippen molar-refractivity contribution in [2.45, 2.75) is 13.1 Å². The first-order valence-corrected chi connectivity index (χ1v) is 3.25. The van der Waals surface area contributed by atoms with Crippen molar-refractivity contribution < 1.29 is 17.6 Å². The van der Waals surface area contributed by atoms with Gasteiger partial charge in [0.15, 0.2) is 0 Å². The van der Waals surface area contributed by atoms with E-state index in [0.29, 0.717) is 0 Å². The molecule has 0 saturated heterocycles. The molecule has 0 aromatic heterocycles. The Morgan fingerprint density at radius 2 is 1.75 bits per heavy atom.